The lowest BCUT2D eigenvalue weighted by Crippen LogP contribution is -2.13. The van der Waals surface area contributed by atoms with E-state index in [1.807, 2.05) is 24.3 Å². The summed E-state index contributed by atoms with van der Waals surface area (Å²) in [6.07, 6.45) is 0. The Morgan fingerprint density at radius 1 is 0.938 bits per heavy atom. The van der Waals surface area contributed by atoms with Crippen LogP contribution in [0.3, 0.4) is 0 Å². The van der Waals surface area contributed by atoms with Gasteiger partial charge in [-0.15, -0.1) is 0 Å². The van der Waals surface area contributed by atoms with Crippen LogP contribution in [0, 0.1) is 0 Å². The smallest absolute Gasteiger partial charge is 0.264 e. The van der Waals surface area contributed by atoms with Crippen LogP contribution < -0.4 is 19.5 Å². The highest BCUT2D eigenvalue weighted by molar-refractivity contribution is 6.06. The molecule has 4 rings (SSSR count). The van der Waals surface area contributed by atoms with Gasteiger partial charge in [-0.2, -0.15) is 4.98 Å². The molecule has 0 saturated heterocycles. The summed E-state index contributed by atoms with van der Waals surface area (Å²) in [5.41, 5.74) is 1.79. The number of anilines is 1. The van der Waals surface area contributed by atoms with Gasteiger partial charge in [-0.3, -0.25) is 4.79 Å². The second-order valence-corrected chi connectivity index (χ2v) is 6.71. The van der Waals surface area contributed by atoms with Crippen molar-refractivity contribution in [2.24, 2.45) is 0 Å². The number of hydrogen-bond donors (Lipinski definition) is 1. The highest BCUT2D eigenvalue weighted by atomic mass is 16.5. The molecule has 0 aliphatic rings. The number of nitrogens with one attached hydrogen (secondary N) is 1. The number of rotatable bonds is 8. The topological polar surface area (TPSA) is 95.7 Å². The molecule has 8 heteroatoms. The number of para-hydroxylation sites is 1. The van der Waals surface area contributed by atoms with Gasteiger partial charge in [0.15, 0.2) is 6.61 Å². The SMILES string of the molecule is COc1ccc(-c2noc(COc3ccccc3C(=O)Nc3cccc(OC)c3)n2)cc1. The zero-order chi connectivity index (χ0) is 22.3. The first-order chi connectivity index (χ1) is 15.7. The van der Waals surface area contributed by atoms with Gasteiger partial charge in [0.1, 0.15) is 17.2 Å². The largest absolute Gasteiger partial charge is 0.497 e. The standard InChI is InChI=1S/C24H21N3O5/c1-29-18-12-10-16(11-13-18)23-26-22(32-27-23)15-31-21-9-4-3-8-20(21)24(28)25-17-6-5-7-19(14-17)30-2/h3-14H,15H2,1-2H3,(H,25,28). The van der Waals surface area contributed by atoms with Crippen LogP contribution in [0.15, 0.2) is 77.3 Å². The average Bonchev–Trinajstić information content (AvgIpc) is 3.32. The molecule has 1 N–H and O–H groups in total. The molecule has 0 bridgehead atoms. The summed E-state index contributed by atoms with van der Waals surface area (Å²) in [7, 11) is 3.18. The van der Waals surface area contributed by atoms with E-state index in [9.17, 15) is 4.79 Å². The molecule has 0 aliphatic carbocycles. The quantitative estimate of drug-likeness (QED) is 0.436. The van der Waals surface area contributed by atoms with Gasteiger partial charge >= 0.3 is 0 Å². The van der Waals surface area contributed by atoms with Gasteiger partial charge < -0.3 is 24.1 Å². The van der Waals surface area contributed by atoms with Gasteiger partial charge in [-0.25, -0.2) is 0 Å². The molecule has 0 spiro atoms. The summed E-state index contributed by atoms with van der Waals surface area (Å²) >= 11 is 0. The van der Waals surface area contributed by atoms with E-state index < -0.39 is 0 Å². The van der Waals surface area contributed by atoms with Gasteiger partial charge in [0, 0.05) is 17.3 Å². The Bertz CT molecular complexity index is 1200. The Kier molecular flexibility index (Phi) is 6.31. The number of nitrogens with zero attached hydrogens (tertiary/aromatic N) is 2. The lowest BCUT2D eigenvalue weighted by atomic mass is 10.2. The first-order valence-corrected chi connectivity index (χ1v) is 9.80. The molecule has 4 aromatic rings. The van der Waals surface area contributed by atoms with E-state index in [0.29, 0.717) is 34.5 Å². The molecule has 3 aromatic carbocycles. The van der Waals surface area contributed by atoms with Crippen LogP contribution in [-0.2, 0) is 6.61 Å². The molecular formula is C24H21N3O5. The first-order valence-electron chi connectivity index (χ1n) is 9.80. The van der Waals surface area contributed by atoms with Crippen molar-refractivity contribution < 1.29 is 23.5 Å². The van der Waals surface area contributed by atoms with Crippen molar-refractivity contribution in [3.05, 3.63) is 84.3 Å². The van der Waals surface area contributed by atoms with E-state index in [2.05, 4.69) is 15.5 Å². The monoisotopic (exact) mass is 431 g/mol. The maximum absolute atomic E-state index is 12.8. The fourth-order valence-electron chi connectivity index (χ4n) is 2.99. The van der Waals surface area contributed by atoms with Crippen molar-refractivity contribution >= 4 is 11.6 Å². The van der Waals surface area contributed by atoms with E-state index in [1.54, 1.807) is 62.8 Å². The minimum atomic E-state index is -0.307. The molecule has 162 valence electrons. The number of hydrogen-bond acceptors (Lipinski definition) is 7. The van der Waals surface area contributed by atoms with Gasteiger partial charge in [0.25, 0.3) is 11.8 Å². The minimum Gasteiger partial charge on any atom is -0.497 e. The fraction of sp³-hybridized carbons (Fsp3) is 0.125. The number of ether oxygens (including phenoxy) is 3. The van der Waals surface area contributed by atoms with E-state index in [4.69, 9.17) is 18.7 Å². The lowest BCUT2D eigenvalue weighted by Gasteiger charge is -2.11. The molecule has 1 amide bonds. The van der Waals surface area contributed by atoms with Crippen LogP contribution >= 0.6 is 0 Å². The van der Waals surface area contributed by atoms with Gasteiger partial charge in [-0.1, -0.05) is 23.4 Å². The predicted octanol–water partition coefficient (Wildman–Crippen LogP) is 4.59. The van der Waals surface area contributed by atoms with Crippen LogP contribution in [0.5, 0.6) is 17.2 Å². The third-order valence-corrected chi connectivity index (χ3v) is 4.63. The zero-order valence-corrected chi connectivity index (χ0v) is 17.6. The predicted molar refractivity (Wildman–Crippen MR) is 118 cm³/mol. The van der Waals surface area contributed by atoms with Crippen LogP contribution in [-0.4, -0.2) is 30.3 Å². The zero-order valence-electron chi connectivity index (χ0n) is 17.6. The third-order valence-electron chi connectivity index (χ3n) is 4.63. The first kappa shape index (κ1) is 20.9. The highest BCUT2D eigenvalue weighted by Crippen LogP contribution is 2.24. The summed E-state index contributed by atoms with van der Waals surface area (Å²) in [6, 6.07) is 21.4. The van der Waals surface area contributed by atoms with E-state index >= 15 is 0 Å². The molecule has 8 nitrogen and oxygen atoms in total. The van der Waals surface area contributed by atoms with Gasteiger partial charge in [0.05, 0.1) is 19.8 Å². The Morgan fingerprint density at radius 3 is 2.50 bits per heavy atom. The number of carbonyl (C=O) groups excluding carboxylic acids is 1. The average molecular weight is 431 g/mol. The number of carbonyl (C=O) groups is 1. The van der Waals surface area contributed by atoms with Gasteiger partial charge in [-0.05, 0) is 48.5 Å². The number of aromatic nitrogens is 2. The molecule has 0 radical (unpaired) electrons. The van der Waals surface area contributed by atoms with Crippen molar-refractivity contribution in [3.8, 4) is 28.6 Å². The Hall–Kier alpha value is -4.33. The van der Waals surface area contributed by atoms with Crippen LogP contribution in [0.1, 0.15) is 16.2 Å². The molecule has 1 aromatic heterocycles. The molecule has 0 atom stereocenters. The van der Waals surface area contributed by atoms with Crippen LogP contribution in [0.2, 0.25) is 0 Å². The maximum Gasteiger partial charge on any atom is 0.264 e. The van der Waals surface area contributed by atoms with Gasteiger partial charge in [0.2, 0.25) is 5.82 Å². The number of amides is 1. The molecule has 0 aliphatic heterocycles. The normalized spacial score (nSPS) is 10.4. The highest BCUT2D eigenvalue weighted by Gasteiger charge is 2.15. The summed E-state index contributed by atoms with van der Waals surface area (Å²) in [4.78, 5) is 17.1. The molecule has 32 heavy (non-hydrogen) atoms. The van der Waals surface area contributed by atoms with Crippen molar-refractivity contribution in [1.82, 2.24) is 10.1 Å². The minimum absolute atomic E-state index is 0.0204. The summed E-state index contributed by atoms with van der Waals surface area (Å²) in [6.45, 7) is 0.0204. The molecular weight excluding hydrogens is 410 g/mol. The van der Waals surface area contributed by atoms with E-state index in [1.165, 1.54) is 0 Å². The van der Waals surface area contributed by atoms with Crippen molar-refractivity contribution in [2.45, 2.75) is 6.61 Å². The van der Waals surface area contributed by atoms with Crippen LogP contribution in [0.25, 0.3) is 11.4 Å². The molecule has 1 heterocycles. The summed E-state index contributed by atoms with van der Waals surface area (Å²) in [5, 5.41) is 6.83. The second kappa shape index (κ2) is 9.65. The lowest BCUT2D eigenvalue weighted by molar-refractivity contribution is 0.102. The molecule has 0 fully saturated rings. The van der Waals surface area contributed by atoms with Crippen molar-refractivity contribution in [2.75, 3.05) is 19.5 Å². The summed E-state index contributed by atoms with van der Waals surface area (Å²) in [5.74, 6) is 2.21. The Labute approximate surface area is 184 Å². The Morgan fingerprint density at radius 2 is 1.72 bits per heavy atom. The molecule has 0 saturated carbocycles. The Balaban J connectivity index is 1.44. The van der Waals surface area contributed by atoms with E-state index in [0.717, 1.165) is 11.3 Å². The van der Waals surface area contributed by atoms with E-state index in [-0.39, 0.29) is 12.5 Å². The summed E-state index contributed by atoms with van der Waals surface area (Å²) < 4.78 is 21.4. The third kappa shape index (κ3) is 4.86. The molecule has 0 unspecified atom stereocenters. The van der Waals surface area contributed by atoms with Crippen molar-refractivity contribution in [1.29, 1.82) is 0 Å². The fourth-order valence-corrected chi connectivity index (χ4v) is 2.99. The number of benzene rings is 3. The second-order valence-electron chi connectivity index (χ2n) is 6.71. The number of methoxy groups -OCH3 is 2. The van der Waals surface area contributed by atoms with Crippen molar-refractivity contribution in [3.63, 3.8) is 0 Å². The maximum atomic E-state index is 12.8. The van der Waals surface area contributed by atoms with Crippen LogP contribution in [0.4, 0.5) is 5.69 Å².